The summed E-state index contributed by atoms with van der Waals surface area (Å²) in [6.45, 7) is 4.18. The van der Waals surface area contributed by atoms with Crippen molar-refractivity contribution >= 4 is 0 Å². The van der Waals surface area contributed by atoms with E-state index in [0.717, 1.165) is 36.3 Å². The molecule has 1 aliphatic carbocycles. The maximum atomic E-state index is 6.02. The van der Waals surface area contributed by atoms with E-state index in [4.69, 9.17) is 9.15 Å². The van der Waals surface area contributed by atoms with Crippen molar-refractivity contribution in [1.82, 2.24) is 0 Å². The van der Waals surface area contributed by atoms with Crippen LogP contribution in [0.4, 0.5) is 0 Å². The lowest BCUT2D eigenvalue weighted by Crippen LogP contribution is -2.14. The lowest BCUT2D eigenvalue weighted by Gasteiger charge is -2.23. The van der Waals surface area contributed by atoms with Crippen LogP contribution in [0.25, 0.3) is 11.3 Å². The molecule has 3 rings (SSSR count). The van der Waals surface area contributed by atoms with Gasteiger partial charge in [-0.1, -0.05) is 30.3 Å². The van der Waals surface area contributed by atoms with Gasteiger partial charge in [0.1, 0.15) is 11.5 Å². The molecule has 2 aromatic rings. The number of ether oxygens (including phenoxy) is 1. The fraction of sp³-hybridized carbons (Fsp3) is 0.412. The van der Waals surface area contributed by atoms with Crippen molar-refractivity contribution in [3.05, 3.63) is 47.7 Å². The molecule has 19 heavy (non-hydrogen) atoms. The SMILES string of the molecule is CC(C)O[C@@H]1CCCc2oc(-c3ccccc3)cc21. The zero-order chi connectivity index (χ0) is 13.2. The highest BCUT2D eigenvalue weighted by atomic mass is 16.5. The normalized spacial score (nSPS) is 18.6. The smallest absolute Gasteiger partial charge is 0.134 e. The van der Waals surface area contributed by atoms with E-state index in [9.17, 15) is 0 Å². The highest BCUT2D eigenvalue weighted by Crippen LogP contribution is 2.38. The second-order valence-electron chi connectivity index (χ2n) is 5.42. The molecule has 0 radical (unpaired) electrons. The Morgan fingerprint density at radius 3 is 2.74 bits per heavy atom. The fourth-order valence-electron chi connectivity index (χ4n) is 2.73. The van der Waals surface area contributed by atoms with Crippen molar-refractivity contribution in [3.8, 4) is 11.3 Å². The van der Waals surface area contributed by atoms with E-state index >= 15 is 0 Å². The van der Waals surface area contributed by atoms with Gasteiger partial charge >= 0.3 is 0 Å². The van der Waals surface area contributed by atoms with E-state index in [1.54, 1.807) is 0 Å². The Bertz CT molecular complexity index is 540. The van der Waals surface area contributed by atoms with Crippen LogP contribution in [0.1, 0.15) is 44.1 Å². The van der Waals surface area contributed by atoms with Crippen LogP contribution in [0, 0.1) is 0 Å². The van der Waals surface area contributed by atoms with Crippen molar-refractivity contribution in [3.63, 3.8) is 0 Å². The summed E-state index contributed by atoms with van der Waals surface area (Å²) in [6, 6.07) is 12.4. The Morgan fingerprint density at radius 2 is 2.00 bits per heavy atom. The summed E-state index contributed by atoms with van der Waals surface area (Å²) >= 11 is 0. The van der Waals surface area contributed by atoms with Crippen LogP contribution in [0.5, 0.6) is 0 Å². The molecule has 1 atom stereocenters. The number of benzene rings is 1. The van der Waals surface area contributed by atoms with Gasteiger partial charge < -0.3 is 9.15 Å². The molecule has 1 aromatic heterocycles. The zero-order valence-corrected chi connectivity index (χ0v) is 11.6. The summed E-state index contributed by atoms with van der Waals surface area (Å²) in [5.41, 5.74) is 2.39. The Kier molecular flexibility index (Phi) is 3.43. The molecule has 1 aromatic carbocycles. The molecule has 0 bridgehead atoms. The van der Waals surface area contributed by atoms with Crippen molar-refractivity contribution < 1.29 is 9.15 Å². The lowest BCUT2D eigenvalue weighted by molar-refractivity contribution is -0.00408. The molecule has 0 N–H and O–H groups in total. The van der Waals surface area contributed by atoms with Gasteiger partial charge in [0.25, 0.3) is 0 Å². The molecular formula is C17H20O2. The van der Waals surface area contributed by atoms with Gasteiger partial charge in [-0.25, -0.2) is 0 Å². The van der Waals surface area contributed by atoms with Crippen LogP contribution in [0.3, 0.4) is 0 Å². The van der Waals surface area contributed by atoms with Crippen molar-refractivity contribution in [2.45, 2.75) is 45.3 Å². The Morgan fingerprint density at radius 1 is 1.21 bits per heavy atom. The van der Waals surface area contributed by atoms with Crippen LogP contribution in [0.15, 0.2) is 40.8 Å². The minimum Gasteiger partial charge on any atom is -0.461 e. The number of hydrogen-bond donors (Lipinski definition) is 0. The van der Waals surface area contributed by atoms with Crippen LogP contribution in [-0.4, -0.2) is 6.10 Å². The first-order chi connectivity index (χ1) is 9.24. The average molecular weight is 256 g/mol. The number of rotatable bonds is 3. The number of hydrogen-bond acceptors (Lipinski definition) is 2. The van der Waals surface area contributed by atoms with Gasteiger partial charge in [-0.2, -0.15) is 0 Å². The lowest BCUT2D eigenvalue weighted by atomic mass is 9.95. The van der Waals surface area contributed by atoms with Gasteiger partial charge in [-0.05, 0) is 32.8 Å². The van der Waals surface area contributed by atoms with E-state index in [-0.39, 0.29) is 12.2 Å². The minimum atomic E-state index is 0.199. The van der Waals surface area contributed by atoms with Crippen LogP contribution >= 0.6 is 0 Å². The van der Waals surface area contributed by atoms with Gasteiger partial charge in [0.15, 0.2) is 0 Å². The van der Waals surface area contributed by atoms with Crippen LogP contribution in [-0.2, 0) is 11.2 Å². The number of aryl methyl sites for hydroxylation is 1. The van der Waals surface area contributed by atoms with Gasteiger partial charge in [-0.3, -0.25) is 0 Å². The number of furan rings is 1. The largest absolute Gasteiger partial charge is 0.461 e. The second-order valence-corrected chi connectivity index (χ2v) is 5.42. The highest BCUT2D eigenvalue weighted by Gasteiger charge is 2.26. The van der Waals surface area contributed by atoms with E-state index in [1.165, 1.54) is 5.56 Å². The third kappa shape index (κ3) is 2.59. The molecule has 0 aliphatic heterocycles. The first-order valence-corrected chi connectivity index (χ1v) is 7.07. The molecule has 0 saturated heterocycles. The molecule has 0 unspecified atom stereocenters. The van der Waals surface area contributed by atoms with E-state index in [1.807, 2.05) is 18.2 Å². The Balaban J connectivity index is 1.93. The summed E-state index contributed by atoms with van der Waals surface area (Å²) in [4.78, 5) is 0. The van der Waals surface area contributed by atoms with Crippen molar-refractivity contribution in [2.24, 2.45) is 0 Å². The monoisotopic (exact) mass is 256 g/mol. The molecule has 0 fully saturated rings. The standard InChI is InChI=1S/C17H20O2/c1-12(2)18-15-9-6-10-16-14(15)11-17(19-16)13-7-4-3-5-8-13/h3-5,7-8,11-12,15H,6,9-10H2,1-2H3/t15-/m1/s1. The molecule has 0 saturated carbocycles. The number of fused-ring (bicyclic) bond motifs is 1. The van der Waals surface area contributed by atoms with Crippen molar-refractivity contribution in [2.75, 3.05) is 0 Å². The second kappa shape index (κ2) is 5.22. The zero-order valence-electron chi connectivity index (χ0n) is 11.6. The van der Waals surface area contributed by atoms with Gasteiger partial charge in [0, 0.05) is 17.5 Å². The predicted molar refractivity (Wildman–Crippen MR) is 76.0 cm³/mol. The predicted octanol–water partition coefficient (Wildman–Crippen LogP) is 4.75. The Hall–Kier alpha value is -1.54. The maximum Gasteiger partial charge on any atom is 0.134 e. The quantitative estimate of drug-likeness (QED) is 0.790. The fourth-order valence-corrected chi connectivity index (χ4v) is 2.73. The molecule has 0 amide bonds. The summed E-state index contributed by atoms with van der Waals surface area (Å²) in [5, 5.41) is 0. The summed E-state index contributed by atoms with van der Waals surface area (Å²) in [7, 11) is 0. The first-order valence-electron chi connectivity index (χ1n) is 7.07. The molecule has 100 valence electrons. The summed E-state index contributed by atoms with van der Waals surface area (Å²) in [6.07, 6.45) is 3.72. The van der Waals surface area contributed by atoms with Gasteiger partial charge in [0.2, 0.25) is 0 Å². The minimum absolute atomic E-state index is 0.199. The average Bonchev–Trinajstić information content (AvgIpc) is 2.84. The Labute approximate surface area is 114 Å². The summed E-state index contributed by atoms with van der Waals surface area (Å²) < 4.78 is 12.0. The molecule has 1 heterocycles. The molecule has 1 aliphatic rings. The van der Waals surface area contributed by atoms with E-state index in [0.29, 0.717) is 0 Å². The molecular weight excluding hydrogens is 236 g/mol. The van der Waals surface area contributed by atoms with Gasteiger partial charge in [0.05, 0.1) is 12.2 Å². The van der Waals surface area contributed by atoms with E-state index < -0.39 is 0 Å². The molecule has 2 heteroatoms. The van der Waals surface area contributed by atoms with Crippen LogP contribution < -0.4 is 0 Å². The van der Waals surface area contributed by atoms with Gasteiger partial charge in [-0.15, -0.1) is 0 Å². The highest BCUT2D eigenvalue weighted by molar-refractivity contribution is 5.59. The first kappa shape index (κ1) is 12.5. The summed E-state index contributed by atoms with van der Waals surface area (Å²) in [5.74, 6) is 2.07. The van der Waals surface area contributed by atoms with Crippen LogP contribution in [0.2, 0.25) is 0 Å². The molecule has 0 spiro atoms. The topological polar surface area (TPSA) is 22.4 Å². The van der Waals surface area contributed by atoms with E-state index in [2.05, 4.69) is 32.0 Å². The third-order valence-corrected chi connectivity index (χ3v) is 3.55. The third-order valence-electron chi connectivity index (χ3n) is 3.55. The maximum absolute atomic E-state index is 6.02. The van der Waals surface area contributed by atoms with Crippen molar-refractivity contribution in [1.29, 1.82) is 0 Å². The molecule has 2 nitrogen and oxygen atoms in total.